The summed E-state index contributed by atoms with van der Waals surface area (Å²) in [6, 6.07) is 4.52. The predicted molar refractivity (Wildman–Crippen MR) is 87.5 cm³/mol. The first kappa shape index (κ1) is 16.4. The van der Waals surface area contributed by atoms with Crippen molar-refractivity contribution >= 4 is 34.9 Å². The first-order chi connectivity index (χ1) is 10.2. The number of fused-ring (bicyclic) bond motifs is 1. The van der Waals surface area contributed by atoms with Crippen molar-refractivity contribution in [1.82, 2.24) is 15.3 Å². The van der Waals surface area contributed by atoms with Crippen LogP contribution in [0.15, 0.2) is 24.4 Å². The number of nitrogens with one attached hydrogen (secondary N) is 2. The van der Waals surface area contributed by atoms with E-state index in [0.29, 0.717) is 22.8 Å². The van der Waals surface area contributed by atoms with Crippen LogP contribution in [0.4, 0.5) is 11.5 Å². The number of benzene rings is 1. The van der Waals surface area contributed by atoms with E-state index in [4.69, 9.17) is 0 Å². The molecule has 2 aromatic rings. The Labute approximate surface area is 134 Å². The molecule has 0 bridgehead atoms. The quantitative estimate of drug-likeness (QED) is 0.663. The van der Waals surface area contributed by atoms with Crippen molar-refractivity contribution in [2.24, 2.45) is 5.92 Å². The van der Waals surface area contributed by atoms with Gasteiger partial charge >= 0.3 is 0 Å². The van der Waals surface area contributed by atoms with Gasteiger partial charge in [0, 0.05) is 18.7 Å². The Morgan fingerprint density at radius 2 is 2.27 bits per heavy atom. The predicted octanol–water partition coefficient (Wildman–Crippen LogP) is 2.37. The van der Waals surface area contributed by atoms with E-state index in [9.17, 15) is 10.1 Å². The van der Waals surface area contributed by atoms with Crippen LogP contribution >= 0.6 is 12.4 Å². The molecule has 1 aromatic carbocycles. The van der Waals surface area contributed by atoms with Crippen molar-refractivity contribution in [1.29, 1.82) is 0 Å². The molecule has 1 saturated heterocycles. The van der Waals surface area contributed by atoms with E-state index in [1.54, 1.807) is 12.3 Å². The van der Waals surface area contributed by atoms with E-state index in [0.717, 1.165) is 19.6 Å². The molecule has 1 unspecified atom stereocenters. The van der Waals surface area contributed by atoms with Gasteiger partial charge < -0.3 is 10.6 Å². The standard InChI is InChI=1S/C14H17N5O2.ClH/c20-19(21)11-3-4-12-13(6-11)16-9-14(18-12)17-8-10-2-1-5-15-7-10;/h3-4,6,9-10,15H,1-2,5,7-8H2,(H,17,18);1H. The van der Waals surface area contributed by atoms with E-state index in [1.165, 1.54) is 25.0 Å². The number of hydrogen-bond donors (Lipinski definition) is 2. The molecule has 2 heterocycles. The normalized spacial score (nSPS) is 17.7. The zero-order valence-corrected chi connectivity index (χ0v) is 12.8. The van der Waals surface area contributed by atoms with Crippen molar-refractivity contribution in [3.8, 4) is 0 Å². The molecule has 0 radical (unpaired) electrons. The molecule has 3 rings (SSSR count). The van der Waals surface area contributed by atoms with Crippen LogP contribution in [0.5, 0.6) is 0 Å². The maximum atomic E-state index is 10.7. The van der Waals surface area contributed by atoms with Gasteiger partial charge in [-0.05, 0) is 37.9 Å². The van der Waals surface area contributed by atoms with Gasteiger partial charge in [-0.1, -0.05) is 0 Å². The summed E-state index contributed by atoms with van der Waals surface area (Å²) in [6.45, 7) is 2.99. The van der Waals surface area contributed by atoms with Crippen LogP contribution in [0.3, 0.4) is 0 Å². The highest BCUT2D eigenvalue weighted by Gasteiger charge is 2.13. The highest BCUT2D eigenvalue weighted by atomic mass is 35.5. The lowest BCUT2D eigenvalue weighted by Crippen LogP contribution is -2.33. The smallest absolute Gasteiger partial charge is 0.271 e. The number of aromatic nitrogens is 2. The molecule has 0 spiro atoms. The minimum absolute atomic E-state index is 0. The van der Waals surface area contributed by atoms with Crippen LogP contribution in [0.2, 0.25) is 0 Å². The van der Waals surface area contributed by atoms with Crippen LogP contribution in [-0.4, -0.2) is 34.5 Å². The molecule has 7 nitrogen and oxygen atoms in total. The molecular weight excluding hydrogens is 306 g/mol. The maximum absolute atomic E-state index is 10.7. The lowest BCUT2D eigenvalue weighted by atomic mass is 10.00. The van der Waals surface area contributed by atoms with E-state index < -0.39 is 4.92 Å². The molecule has 1 aliphatic heterocycles. The number of nitrogens with zero attached hydrogens (tertiary/aromatic N) is 3. The Balaban J connectivity index is 0.00000176. The number of nitro groups is 1. The van der Waals surface area contributed by atoms with Crippen molar-refractivity contribution in [3.63, 3.8) is 0 Å². The number of hydrogen-bond acceptors (Lipinski definition) is 6. The van der Waals surface area contributed by atoms with Crippen molar-refractivity contribution < 1.29 is 4.92 Å². The minimum atomic E-state index is -0.427. The van der Waals surface area contributed by atoms with Crippen LogP contribution in [0.1, 0.15) is 12.8 Å². The highest BCUT2D eigenvalue weighted by molar-refractivity contribution is 5.85. The summed E-state index contributed by atoms with van der Waals surface area (Å²) in [6.07, 6.45) is 4.05. The van der Waals surface area contributed by atoms with Gasteiger partial charge in [0.05, 0.1) is 22.2 Å². The first-order valence-electron chi connectivity index (χ1n) is 7.08. The molecule has 8 heteroatoms. The Morgan fingerprint density at radius 1 is 1.41 bits per heavy atom. The molecule has 22 heavy (non-hydrogen) atoms. The Morgan fingerprint density at radius 3 is 3.00 bits per heavy atom. The first-order valence-corrected chi connectivity index (χ1v) is 7.08. The molecule has 0 amide bonds. The van der Waals surface area contributed by atoms with Crippen molar-refractivity contribution in [3.05, 3.63) is 34.5 Å². The van der Waals surface area contributed by atoms with E-state index >= 15 is 0 Å². The van der Waals surface area contributed by atoms with Gasteiger partial charge in [-0.3, -0.25) is 15.1 Å². The maximum Gasteiger partial charge on any atom is 0.271 e. The summed E-state index contributed by atoms with van der Waals surface area (Å²) in [5, 5.41) is 17.4. The lowest BCUT2D eigenvalue weighted by Gasteiger charge is -2.23. The zero-order chi connectivity index (χ0) is 14.7. The van der Waals surface area contributed by atoms with Crippen LogP contribution in [0.25, 0.3) is 11.0 Å². The van der Waals surface area contributed by atoms with E-state index in [-0.39, 0.29) is 18.1 Å². The van der Waals surface area contributed by atoms with Gasteiger partial charge in [-0.25, -0.2) is 4.98 Å². The van der Waals surface area contributed by atoms with Gasteiger partial charge in [-0.15, -0.1) is 12.4 Å². The Hall–Kier alpha value is -1.99. The molecule has 1 atom stereocenters. The number of rotatable bonds is 4. The molecule has 2 N–H and O–H groups in total. The van der Waals surface area contributed by atoms with E-state index in [2.05, 4.69) is 20.6 Å². The second-order valence-corrected chi connectivity index (χ2v) is 5.28. The third-order valence-electron chi connectivity index (χ3n) is 3.71. The minimum Gasteiger partial charge on any atom is -0.368 e. The molecule has 0 saturated carbocycles. The molecule has 118 valence electrons. The molecule has 1 aliphatic rings. The van der Waals surface area contributed by atoms with Gasteiger partial charge in [0.2, 0.25) is 0 Å². The summed E-state index contributed by atoms with van der Waals surface area (Å²) in [5.41, 5.74) is 1.23. The fraction of sp³-hybridized carbons (Fsp3) is 0.429. The van der Waals surface area contributed by atoms with Gasteiger partial charge in [0.25, 0.3) is 5.69 Å². The summed E-state index contributed by atoms with van der Waals surface area (Å²) in [7, 11) is 0. The van der Waals surface area contributed by atoms with Crippen LogP contribution in [0, 0.1) is 16.0 Å². The summed E-state index contributed by atoms with van der Waals surface area (Å²) in [5.74, 6) is 1.31. The molecule has 0 aliphatic carbocycles. The number of halogens is 1. The fourth-order valence-electron chi connectivity index (χ4n) is 2.54. The number of piperidine rings is 1. The molecular formula is C14H18ClN5O2. The van der Waals surface area contributed by atoms with Gasteiger partial charge in [0.15, 0.2) is 0 Å². The summed E-state index contributed by atoms with van der Waals surface area (Å²) < 4.78 is 0. The van der Waals surface area contributed by atoms with Crippen molar-refractivity contribution in [2.45, 2.75) is 12.8 Å². The number of non-ortho nitro benzene ring substituents is 1. The molecule has 1 aromatic heterocycles. The van der Waals surface area contributed by atoms with Crippen LogP contribution in [-0.2, 0) is 0 Å². The second kappa shape index (κ2) is 7.33. The largest absolute Gasteiger partial charge is 0.368 e. The highest BCUT2D eigenvalue weighted by Crippen LogP contribution is 2.19. The Bertz CT molecular complexity index is 661. The number of anilines is 1. The monoisotopic (exact) mass is 323 g/mol. The van der Waals surface area contributed by atoms with Gasteiger partial charge in [0.1, 0.15) is 5.82 Å². The van der Waals surface area contributed by atoms with E-state index in [1.807, 2.05) is 0 Å². The summed E-state index contributed by atoms with van der Waals surface area (Å²) >= 11 is 0. The Kier molecular flexibility index (Phi) is 5.46. The van der Waals surface area contributed by atoms with Gasteiger partial charge in [-0.2, -0.15) is 0 Å². The zero-order valence-electron chi connectivity index (χ0n) is 12.0. The second-order valence-electron chi connectivity index (χ2n) is 5.28. The average Bonchev–Trinajstić information content (AvgIpc) is 2.53. The van der Waals surface area contributed by atoms with Crippen LogP contribution < -0.4 is 10.6 Å². The fourth-order valence-corrected chi connectivity index (χ4v) is 2.54. The lowest BCUT2D eigenvalue weighted by molar-refractivity contribution is -0.384. The summed E-state index contributed by atoms with van der Waals surface area (Å²) in [4.78, 5) is 19.0. The van der Waals surface area contributed by atoms with Crippen molar-refractivity contribution in [2.75, 3.05) is 25.0 Å². The number of nitro benzene ring substituents is 1. The third kappa shape index (κ3) is 3.80. The average molecular weight is 324 g/mol. The SMILES string of the molecule is Cl.O=[N+]([O-])c1ccc2nc(NCC3CCCNC3)cnc2c1. The topological polar surface area (TPSA) is 93.0 Å². The molecule has 1 fully saturated rings. The third-order valence-corrected chi connectivity index (χ3v) is 3.71.